The molecule has 1 atom stereocenters. The highest BCUT2D eigenvalue weighted by atomic mass is 19.4. The molecule has 1 amide bonds. The molecule has 2 saturated heterocycles. The molecule has 182 valence electrons. The van der Waals surface area contributed by atoms with Crippen LogP contribution >= 0.6 is 0 Å². The number of anilines is 1. The molecule has 6 nitrogen and oxygen atoms in total. The second-order valence-electron chi connectivity index (χ2n) is 8.42. The third kappa shape index (κ3) is 5.25. The number of carbonyl (C=O) groups is 2. The van der Waals surface area contributed by atoms with Gasteiger partial charge in [-0.2, -0.15) is 13.2 Å². The minimum Gasteiger partial charge on any atom is -0.475 e. The molecule has 33 heavy (non-hydrogen) atoms. The van der Waals surface area contributed by atoms with Crippen molar-refractivity contribution in [1.29, 1.82) is 0 Å². The summed E-state index contributed by atoms with van der Waals surface area (Å²) in [5.74, 6) is -6.18. The smallest absolute Gasteiger partial charge is 0.475 e. The van der Waals surface area contributed by atoms with E-state index >= 15 is 0 Å². The first-order valence-corrected chi connectivity index (χ1v) is 10.3. The van der Waals surface area contributed by atoms with Gasteiger partial charge in [-0.3, -0.25) is 4.79 Å². The zero-order valence-corrected chi connectivity index (χ0v) is 17.5. The maximum absolute atomic E-state index is 14.9. The van der Waals surface area contributed by atoms with E-state index < -0.39 is 29.3 Å². The van der Waals surface area contributed by atoms with Crippen molar-refractivity contribution in [2.45, 2.75) is 37.8 Å². The molecule has 3 aliphatic rings. The molecule has 1 aromatic heterocycles. The molecule has 0 bridgehead atoms. The van der Waals surface area contributed by atoms with Crippen LogP contribution in [0.25, 0.3) is 0 Å². The van der Waals surface area contributed by atoms with Gasteiger partial charge in [0.25, 0.3) is 5.92 Å². The van der Waals surface area contributed by atoms with E-state index in [-0.39, 0.29) is 50.1 Å². The number of hydrogen-bond acceptors (Lipinski definition) is 4. The first-order chi connectivity index (χ1) is 15.4. The summed E-state index contributed by atoms with van der Waals surface area (Å²) in [6.07, 6.45) is 1.58. The maximum Gasteiger partial charge on any atom is 0.490 e. The number of alkyl halides is 5. The van der Waals surface area contributed by atoms with E-state index in [2.05, 4.69) is 4.98 Å². The summed E-state index contributed by atoms with van der Waals surface area (Å²) in [4.78, 5) is 28.8. The summed E-state index contributed by atoms with van der Waals surface area (Å²) >= 11 is 0. The zero-order valence-electron chi connectivity index (χ0n) is 17.5. The van der Waals surface area contributed by atoms with Gasteiger partial charge in [-0.1, -0.05) is 12.2 Å². The first kappa shape index (κ1) is 24.8. The minimum atomic E-state index is -5.08. The van der Waals surface area contributed by atoms with Crippen LogP contribution in [-0.4, -0.2) is 65.1 Å². The van der Waals surface area contributed by atoms with Crippen LogP contribution in [0.2, 0.25) is 0 Å². The van der Waals surface area contributed by atoms with Crippen molar-refractivity contribution in [3.05, 3.63) is 36.3 Å². The largest absolute Gasteiger partial charge is 0.490 e. The fourth-order valence-electron chi connectivity index (χ4n) is 4.46. The van der Waals surface area contributed by atoms with Gasteiger partial charge in [0.05, 0.1) is 5.41 Å². The quantitative estimate of drug-likeness (QED) is 0.515. The van der Waals surface area contributed by atoms with Gasteiger partial charge in [-0.05, 0) is 31.4 Å². The molecule has 1 unspecified atom stereocenters. The fourth-order valence-corrected chi connectivity index (χ4v) is 4.46. The van der Waals surface area contributed by atoms with E-state index in [0.29, 0.717) is 19.4 Å². The Balaban J connectivity index is 0.000000383. The molecule has 2 fully saturated rings. The normalized spacial score (nSPS) is 24.7. The monoisotopic (exact) mass is 479 g/mol. The molecule has 0 aromatic carbocycles. The Morgan fingerprint density at radius 3 is 2.30 bits per heavy atom. The third-order valence-corrected chi connectivity index (χ3v) is 6.27. The summed E-state index contributed by atoms with van der Waals surface area (Å²) in [6.45, 7) is 0.444. The lowest BCUT2D eigenvalue weighted by atomic mass is 9.75. The molecule has 4 rings (SSSR count). The van der Waals surface area contributed by atoms with Crippen molar-refractivity contribution in [2.24, 2.45) is 11.3 Å². The molecule has 1 spiro atoms. The number of aromatic nitrogens is 1. The highest BCUT2D eigenvalue weighted by Gasteiger charge is 2.60. The number of carboxylic acids is 1. The van der Waals surface area contributed by atoms with E-state index in [9.17, 15) is 31.1 Å². The standard InChI is InChI=1S/C19H22F3N3O.C2HF3O2/c20-15-6-3-9-23-16(15)24-10-7-18(12-24)13-25(11-8-19(18,21)22)17(26)14-4-1-2-5-14;3-2(4,5)1(6)7/h1-3,6,9,14H,4-5,7-8,10-13H2;(H,6,7). The second kappa shape index (κ2) is 9.22. The minimum absolute atomic E-state index is 0.0145. The number of rotatable bonds is 2. The van der Waals surface area contributed by atoms with Crippen LogP contribution in [0, 0.1) is 17.2 Å². The van der Waals surface area contributed by atoms with Crippen molar-refractivity contribution in [1.82, 2.24) is 9.88 Å². The van der Waals surface area contributed by atoms with Gasteiger partial charge >= 0.3 is 12.1 Å². The van der Waals surface area contributed by atoms with Gasteiger partial charge in [0, 0.05) is 44.7 Å². The molecule has 0 radical (unpaired) electrons. The van der Waals surface area contributed by atoms with Crippen molar-refractivity contribution < 1.29 is 41.0 Å². The Hall–Kier alpha value is -2.79. The Morgan fingerprint density at radius 1 is 1.09 bits per heavy atom. The Labute approximate surface area is 185 Å². The van der Waals surface area contributed by atoms with Crippen LogP contribution in [0.15, 0.2) is 30.5 Å². The number of carbonyl (C=O) groups excluding carboxylic acids is 1. The van der Waals surface area contributed by atoms with Crippen molar-refractivity contribution in [3.8, 4) is 0 Å². The molecule has 1 aliphatic carbocycles. The second-order valence-corrected chi connectivity index (χ2v) is 8.42. The number of hydrogen-bond donors (Lipinski definition) is 1. The zero-order chi connectivity index (χ0) is 24.4. The molecule has 2 aliphatic heterocycles. The van der Waals surface area contributed by atoms with E-state index in [4.69, 9.17) is 9.90 Å². The number of amides is 1. The fraction of sp³-hybridized carbons (Fsp3) is 0.571. The molecule has 0 saturated carbocycles. The highest BCUT2D eigenvalue weighted by Crippen LogP contribution is 2.50. The number of piperidine rings is 1. The van der Waals surface area contributed by atoms with Crippen LogP contribution in [0.3, 0.4) is 0 Å². The predicted octanol–water partition coefficient (Wildman–Crippen LogP) is 3.88. The Kier molecular flexibility index (Phi) is 6.94. The summed E-state index contributed by atoms with van der Waals surface area (Å²) in [5, 5.41) is 7.12. The molecular formula is C21H23F6N3O3. The van der Waals surface area contributed by atoms with Gasteiger partial charge in [0.2, 0.25) is 5.91 Å². The molecule has 1 N–H and O–H groups in total. The van der Waals surface area contributed by atoms with Gasteiger partial charge in [-0.15, -0.1) is 0 Å². The van der Waals surface area contributed by atoms with Gasteiger partial charge in [-0.25, -0.2) is 22.9 Å². The lowest BCUT2D eigenvalue weighted by molar-refractivity contribution is -0.192. The number of carboxylic acid groups (broad SMARTS) is 1. The lowest BCUT2D eigenvalue weighted by Crippen LogP contribution is -2.59. The molecule has 3 heterocycles. The number of likely N-dealkylation sites (tertiary alicyclic amines) is 1. The average Bonchev–Trinajstić information content (AvgIpc) is 3.41. The van der Waals surface area contributed by atoms with Crippen molar-refractivity contribution in [3.63, 3.8) is 0 Å². The van der Waals surface area contributed by atoms with Crippen LogP contribution in [-0.2, 0) is 9.59 Å². The predicted molar refractivity (Wildman–Crippen MR) is 105 cm³/mol. The first-order valence-electron chi connectivity index (χ1n) is 10.3. The van der Waals surface area contributed by atoms with E-state index in [1.807, 2.05) is 12.2 Å². The number of allylic oxidation sites excluding steroid dienone is 2. The van der Waals surface area contributed by atoms with Gasteiger partial charge in [0.15, 0.2) is 11.6 Å². The Morgan fingerprint density at radius 2 is 1.73 bits per heavy atom. The number of aliphatic carboxylic acids is 1. The molecule has 1 aromatic rings. The van der Waals surface area contributed by atoms with Crippen LogP contribution in [0.5, 0.6) is 0 Å². The summed E-state index contributed by atoms with van der Waals surface area (Å²) < 4.78 is 75.5. The summed E-state index contributed by atoms with van der Waals surface area (Å²) in [7, 11) is 0. The van der Waals surface area contributed by atoms with Crippen LogP contribution in [0.1, 0.15) is 25.7 Å². The van der Waals surface area contributed by atoms with Gasteiger partial charge in [0.1, 0.15) is 0 Å². The third-order valence-electron chi connectivity index (χ3n) is 6.27. The van der Waals surface area contributed by atoms with Gasteiger partial charge < -0.3 is 14.9 Å². The maximum atomic E-state index is 14.9. The van der Waals surface area contributed by atoms with Crippen molar-refractivity contribution >= 4 is 17.7 Å². The number of halogens is 6. The van der Waals surface area contributed by atoms with E-state index in [0.717, 1.165) is 0 Å². The number of nitrogens with zero attached hydrogens (tertiary/aromatic N) is 3. The summed E-state index contributed by atoms with van der Waals surface area (Å²) in [5.41, 5.74) is -1.34. The van der Waals surface area contributed by atoms with Crippen LogP contribution in [0.4, 0.5) is 32.2 Å². The van der Waals surface area contributed by atoms with Crippen molar-refractivity contribution in [2.75, 3.05) is 31.1 Å². The lowest BCUT2D eigenvalue weighted by Gasteiger charge is -2.46. The van der Waals surface area contributed by atoms with E-state index in [1.165, 1.54) is 18.3 Å². The SMILES string of the molecule is O=C(C1CC=CC1)N1CCC(F)(F)C2(CCN(c3ncccc3F)C2)C1.O=C(O)C(F)(F)F. The average molecular weight is 479 g/mol. The summed E-state index contributed by atoms with van der Waals surface area (Å²) in [6, 6.07) is 2.77. The Bertz CT molecular complexity index is 915. The number of pyridine rings is 1. The highest BCUT2D eigenvalue weighted by molar-refractivity contribution is 5.80. The molecule has 12 heteroatoms. The van der Waals surface area contributed by atoms with Crippen LogP contribution < -0.4 is 4.90 Å². The van der Waals surface area contributed by atoms with E-state index in [1.54, 1.807) is 9.80 Å². The topological polar surface area (TPSA) is 73.7 Å². The molecular weight excluding hydrogens is 456 g/mol.